The van der Waals surface area contributed by atoms with Crippen molar-refractivity contribution in [2.45, 2.75) is 51.2 Å². The molecule has 2 N–H and O–H groups in total. The molecule has 1 atom stereocenters. The number of esters is 1. The smallest absolute Gasteiger partial charge is 0.323 e. The number of oxazole rings is 1. The van der Waals surface area contributed by atoms with E-state index in [-0.39, 0.29) is 46.9 Å². The summed E-state index contributed by atoms with van der Waals surface area (Å²) < 4.78 is 41.8. The molecule has 0 unspecified atom stereocenters. The lowest BCUT2D eigenvalue weighted by molar-refractivity contribution is -0.146. The fraction of sp³-hybridized carbons (Fsp3) is 0.370. The largest absolute Gasteiger partial charge is 0.468 e. The monoisotopic (exact) mass is 508 g/mol. The second kappa shape index (κ2) is 8.65. The van der Waals surface area contributed by atoms with E-state index in [1.165, 1.54) is 7.11 Å². The third kappa shape index (κ3) is 3.78. The molecule has 1 aliphatic heterocycles. The molecule has 192 valence electrons. The molecule has 1 saturated heterocycles. The number of benzene rings is 2. The van der Waals surface area contributed by atoms with Crippen molar-refractivity contribution in [2.75, 3.05) is 19.4 Å². The first kappa shape index (κ1) is 23.6. The summed E-state index contributed by atoms with van der Waals surface area (Å²) in [5.74, 6) is -1.32. The second-order valence-corrected chi connectivity index (χ2v) is 9.83. The van der Waals surface area contributed by atoms with Crippen LogP contribution < -0.4 is 11.3 Å². The molecule has 10 heteroatoms. The van der Waals surface area contributed by atoms with Crippen LogP contribution in [-0.4, -0.2) is 40.1 Å². The first-order valence-corrected chi connectivity index (χ1v) is 12.3. The summed E-state index contributed by atoms with van der Waals surface area (Å²) in [5.41, 5.74) is 7.35. The number of nitrogen functional groups attached to an aromatic ring is 1. The van der Waals surface area contributed by atoms with E-state index in [2.05, 4.69) is 4.98 Å². The molecule has 8 nitrogen and oxygen atoms in total. The van der Waals surface area contributed by atoms with Crippen molar-refractivity contribution in [2.24, 2.45) is 0 Å². The number of nitrogens with zero attached hydrogens (tertiary/aromatic N) is 3. The van der Waals surface area contributed by atoms with Gasteiger partial charge in [-0.3, -0.25) is 14.5 Å². The van der Waals surface area contributed by atoms with Crippen molar-refractivity contribution >= 4 is 33.7 Å². The molecule has 0 amide bonds. The highest BCUT2D eigenvalue weighted by atomic mass is 19.1. The molecular formula is C27H26F2N4O4. The fourth-order valence-corrected chi connectivity index (χ4v) is 5.50. The van der Waals surface area contributed by atoms with E-state index in [9.17, 15) is 18.4 Å². The fourth-order valence-electron chi connectivity index (χ4n) is 5.50. The van der Waals surface area contributed by atoms with Gasteiger partial charge in [-0.15, -0.1) is 0 Å². The van der Waals surface area contributed by atoms with E-state index in [1.54, 1.807) is 23.6 Å². The van der Waals surface area contributed by atoms with Crippen LogP contribution in [0.1, 0.15) is 43.2 Å². The van der Waals surface area contributed by atoms with Gasteiger partial charge in [-0.1, -0.05) is 6.07 Å². The van der Waals surface area contributed by atoms with Crippen LogP contribution in [0.15, 0.2) is 33.5 Å². The van der Waals surface area contributed by atoms with Gasteiger partial charge in [0.1, 0.15) is 17.7 Å². The number of nitrogens with two attached hydrogens (primary N) is 1. The van der Waals surface area contributed by atoms with Crippen molar-refractivity contribution < 1.29 is 22.7 Å². The maximum atomic E-state index is 14.8. The van der Waals surface area contributed by atoms with Crippen LogP contribution in [0.3, 0.4) is 0 Å². The van der Waals surface area contributed by atoms with E-state index >= 15 is 0 Å². The molecule has 2 fully saturated rings. The van der Waals surface area contributed by atoms with E-state index in [1.807, 2.05) is 4.90 Å². The third-order valence-electron chi connectivity index (χ3n) is 7.47. The highest BCUT2D eigenvalue weighted by Crippen LogP contribution is 2.41. The Balaban J connectivity index is 1.52. The molecule has 0 bridgehead atoms. The predicted octanol–water partition coefficient (Wildman–Crippen LogP) is 4.45. The molecular weight excluding hydrogens is 482 g/mol. The Bertz CT molecular complexity index is 1640. The van der Waals surface area contributed by atoms with E-state index in [0.29, 0.717) is 46.5 Å². The predicted molar refractivity (Wildman–Crippen MR) is 134 cm³/mol. The topological polar surface area (TPSA) is 104 Å². The van der Waals surface area contributed by atoms with Gasteiger partial charge in [-0.25, -0.2) is 13.8 Å². The molecule has 2 aromatic carbocycles. The number of aromatic nitrogens is 2. The lowest BCUT2D eigenvalue weighted by Crippen LogP contribution is -2.36. The molecule has 1 saturated carbocycles. The van der Waals surface area contributed by atoms with Gasteiger partial charge in [-0.05, 0) is 62.4 Å². The maximum Gasteiger partial charge on any atom is 0.323 e. The van der Waals surface area contributed by atoms with Crippen LogP contribution in [-0.2, 0) is 16.1 Å². The average Bonchev–Trinajstić information content (AvgIpc) is 3.44. The standard InChI is InChI=1S/C27H26F2N4O4/c1-13-15(17-10-19(29)20(30)11-18(17)28)7-8-16-24(13)33(14-5-6-14)26(34)23-25(16)37-22(31-23)12-32-9-3-4-21(32)27(35)36-2/h7-8,10-11,14,21H,3-6,9,12,30H2,1-2H3/t21-/m0/s1. The normalized spacial score (nSPS) is 18.2. The highest BCUT2D eigenvalue weighted by molar-refractivity contribution is 6.04. The van der Waals surface area contributed by atoms with Gasteiger partial charge in [0.15, 0.2) is 11.1 Å². The zero-order chi connectivity index (χ0) is 26.0. The highest BCUT2D eigenvalue weighted by Gasteiger charge is 2.34. The number of rotatable bonds is 5. The van der Waals surface area contributed by atoms with Crippen molar-refractivity contribution in [3.63, 3.8) is 0 Å². The molecule has 0 radical (unpaired) electrons. The summed E-state index contributed by atoms with van der Waals surface area (Å²) in [6.07, 6.45) is 3.22. The van der Waals surface area contributed by atoms with Crippen LogP contribution in [0.25, 0.3) is 33.1 Å². The number of carbonyl (C=O) groups excluding carboxylic acids is 1. The molecule has 6 rings (SSSR count). The first-order chi connectivity index (χ1) is 17.8. The van der Waals surface area contributed by atoms with Gasteiger partial charge in [0.2, 0.25) is 5.89 Å². The number of pyridine rings is 1. The number of hydrogen-bond donors (Lipinski definition) is 1. The summed E-state index contributed by atoms with van der Waals surface area (Å²) in [6, 6.07) is 5.13. The lowest BCUT2D eigenvalue weighted by atomic mass is 9.96. The molecule has 3 heterocycles. The zero-order valence-electron chi connectivity index (χ0n) is 20.5. The summed E-state index contributed by atoms with van der Waals surface area (Å²) in [4.78, 5) is 32.3. The Kier molecular flexibility index (Phi) is 5.52. The lowest BCUT2D eigenvalue weighted by Gasteiger charge is -2.20. The molecule has 0 spiro atoms. The van der Waals surface area contributed by atoms with Gasteiger partial charge in [-0.2, -0.15) is 0 Å². The molecule has 1 aliphatic carbocycles. The van der Waals surface area contributed by atoms with E-state index < -0.39 is 11.6 Å². The quantitative estimate of drug-likeness (QED) is 0.314. The summed E-state index contributed by atoms with van der Waals surface area (Å²) in [6.45, 7) is 2.75. The number of carbonyl (C=O) groups is 1. The van der Waals surface area contributed by atoms with Crippen LogP contribution in [0.5, 0.6) is 0 Å². The zero-order valence-corrected chi connectivity index (χ0v) is 20.5. The van der Waals surface area contributed by atoms with E-state index in [0.717, 1.165) is 31.4 Å². The van der Waals surface area contributed by atoms with Crippen molar-refractivity contribution in [3.8, 4) is 11.1 Å². The first-order valence-electron chi connectivity index (χ1n) is 12.3. The number of methoxy groups -OCH3 is 1. The number of aryl methyl sites for hydroxylation is 1. The van der Waals surface area contributed by atoms with Gasteiger partial charge >= 0.3 is 5.97 Å². The molecule has 37 heavy (non-hydrogen) atoms. The summed E-state index contributed by atoms with van der Waals surface area (Å²) in [5, 5.41) is 0.670. The Morgan fingerprint density at radius 3 is 2.70 bits per heavy atom. The Morgan fingerprint density at radius 2 is 1.97 bits per heavy atom. The number of likely N-dealkylation sites (tertiary alicyclic amines) is 1. The van der Waals surface area contributed by atoms with Gasteiger partial charge in [0.05, 0.1) is 24.9 Å². The number of ether oxygens (including phenoxy) is 1. The minimum absolute atomic E-state index is 0.00351. The second-order valence-electron chi connectivity index (χ2n) is 9.83. The number of halogens is 2. The number of hydrogen-bond acceptors (Lipinski definition) is 7. The van der Waals surface area contributed by atoms with Crippen molar-refractivity contribution in [3.05, 3.63) is 57.7 Å². The van der Waals surface area contributed by atoms with E-state index in [4.69, 9.17) is 14.9 Å². The minimum atomic E-state index is -0.710. The number of anilines is 1. The van der Waals surface area contributed by atoms with Crippen molar-refractivity contribution in [1.29, 1.82) is 0 Å². The van der Waals surface area contributed by atoms with Crippen LogP contribution in [0, 0.1) is 18.6 Å². The molecule has 2 aromatic heterocycles. The number of fused-ring (bicyclic) bond motifs is 3. The van der Waals surface area contributed by atoms with Crippen LogP contribution in [0.2, 0.25) is 0 Å². The van der Waals surface area contributed by atoms with Gasteiger partial charge < -0.3 is 19.5 Å². The van der Waals surface area contributed by atoms with Gasteiger partial charge in [0.25, 0.3) is 5.56 Å². The molecule has 2 aliphatic rings. The maximum absolute atomic E-state index is 14.8. The Morgan fingerprint density at radius 1 is 1.19 bits per heavy atom. The average molecular weight is 509 g/mol. The Hall–Kier alpha value is -3.79. The molecule has 4 aromatic rings. The minimum Gasteiger partial charge on any atom is -0.468 e. The Labute approximate surface area is 210 Å². The summed E-state index contributed by atoms with van der Waals surface area (Å²) >= 11 is 0. The van der Waals surface area contributed by atoms with Crippen molar-refractivity contribution in [1.82, 2.24) is 14.5 Å². The summed E-state index contributed by atoms with van der Waals surface area (Å²) in [7, 11) is 1.37. The SMILES string of the molecule is COC(=O)[C@@H]1CCCN1Cc1nc2c(=O)n(C3CC3)c3c(C)c(-c4cc(F)c(N)cc4F)ccc3c2o1. The van der Waals surface area contributed by atoms with Gasteiger partial charge in [0, 0.05) is 23.1 Å². The third-order valence-corrected chi connectivity index (χ3v) is 7.47. The van der Waals surface area contributed by atoms with Crippen LogP contribution >= 0.6 is 0 Å². The van der Waals surface area contributed by atoms with Crippen LogP contribution in [0.4, 0.5) is 14.5 Å².